The molecule has 0 aliphatic heterocycles. The molecule has 0 radical (unpaired) electrons. The van der Waals surface area contributed by atoms with Gasteiger partial charge in [0.15, 0.2) is 17.3 Å². The van der Waals surface area contributed by atoms with E-state index in [9.17, 15) is 0 Å². The van der Waals surface area contributed by atoms with Crippen molar-refractivity contribution in [3.63, 3.8) is 0 Å². The van der Waals surface area contributed by atoms with Crippen LogP contribution in [-0.4, -0.2) is 29.2 Å². The largest absolute Gasteiger partial charge is 0.495 e. The van der Waals surface area contributed by atoms with Gasteiger partial charge in [0.25, 0.3) is 0 Å². The number of benzene rings is 1. The minimum absolute atomic E-state index is 0.416. The maximum absolute atomic E-state index is 5.88. The molecule has 0 atom stereocenters. The summed E-state index contributed by atoms with van der Waals surface area (Å²) in [4.78, 5) is 11.4. The summed E-state index contributed by atoms with van der Waals surface area (Å²) in [5.41, 5.74) is 1.56. The lowest BCUT2D eigenvalue weighted by Gasteiger charge is -2.09. The van der Waals surface area contributed by atoms with E-state index in [1.54, 1.807) is 32.7 Å². The summed E-state index contributed by atoms with van der Waals surface area (Å²) >= 11 is 0. The van der Waals surface area contributed by atoms with Gasteiger partial charge >= 0.3 is 0 Å². The Labute approximate surface area is 145 Å². The van der Waals surface area contributed by atoms with Crippen molar-refractivity contribution in [2.45, 2.75) is 6.61 Å². The number of rotatable bonds is 5. The second-order valence-corrected chi connectivity index (χ2v) is 5.05. The molecule has 1 aromatic carbocycles. The van der Waals surface area contributed by atoms with Gasteiger partial charge in [0.1, 0.15) is 12.4 Å². The molecule has 2 aromatic heterocycles. The molecular formula is C19H17N3O3. The topological polar surface area (TPSA) is 69.3 Å². The average molecular weight is 335 g/mol. The molecule has 126 valence electrons. The zero-order valence-corrected chi connectivity index (χ0v) is 13.9. The van der Waals surface area contributed by atoms with Crippen molar-refractivity contribution in [1.29, 1.82) is 0 Å². The Morgan fingerprint density at radius 1 is 1.00 bits per heavy atom. The minimum Gasteiger partial charge on any atom is -0.495 e. The zero-order chi connectivity index (χ0) is 17.5. The third-order valence-electron chi connectivity index (χ3n) is 3.37. The van der Waals surface area contributed by atoms with Crippen LogP contribution in [0.2, 0.25) is 0 Å². The first-order valence-electron chi connectivity index (χ1n) is 7.60. The van der Waals surface area contributed by atoms with Crippen LogP contribution in [0.3, 0.4) is 0 Å². The van der Waals surface area contributed by atoms with Crippen molar-refractivity contribution in [2.75, 3.05) is 14.2 Å². The first-order chi connectivity index (χ1) is 12.3. The molecule has 0 amide bonds. The van der Waals surface area contributed by atoms with Crippen LogP contribution in [0.5, 0.6) is 17.4 Å². The Morgan fingerprint density at radius 3 is 2.56 bits per heavy atom. The van der Waals surface area contributed by atoms with Crippen molar-refractivity contribution in [3.8, 4) is 29.2 Å². The fourth-order valence-electron chi connectivity index (χ4n) is 2.07. The second kappa shape index (κ2) is 7.88. The Morgan fingerprint density at radius 2 is 1.84 bits per heavy atom. The summed E-state index contributed by atoms with van der Waals surface area (Å²) in [7, 11) is 3.14. The molecule has 3 rings (SSSR count). The van der Waals surface area contributed by atoms with Crippen LogP contribution in [0, 0.1) is 11.8 Å². The van der Waals surface area contributed by atoms with Crippen LogP contribution in [0.15, 0.2) is 48.8 Å². The van der Waals surface area contributed by atoms with Crippen LogP contribution in [0.4, 0.5) is 0 Å². The van der Waals surface area contributed by atoms with Gasteiger partial charge in [-0.05, 0) is 17.4 Å². The van der Waals surface area contributed by atoms with E-state index in [4.69, 9.17) is 14.2 Å². The van der Waals surface area contributed by atoms with Crippen molar-refractivity contribution in [1.82, 2.24) is 15.0 Å². The number of hydrogen-bond acceptors (Lipinski definition) is 5. The highest BCUT2D eigenvalue weighted by molar-refractivity contribution is 5.46. The molecule has 2 heterocycles. The molecule has 0 aliphatic rings. The molecule has 0 fully saturated rings. The Balaban J connectivity index is 1.83. The van der Waals surface area contributed by atoms with Crippen LogP contribution >= 0.6 is 0 Å². The molecule has 0 saturated carbocycles. The fourth-order valence-corrected chi connectivity index (χ4v) is 2.07. The van der Waals surface area contributed by atoms with Gasteiger partial charge in [-0.1, -0.05) is 30.3 Å². The number of H-pyrrole nitrogens is 1. The number of nitrogens with zero attached hydrogens (tertiary/aromatic N) is 2. The molecule has 0 saturated heterocycles. The van der Waals surface area contributed by atoms with Crippen molar-refractivity contribution >= 4 is 0 Å². The van der Waals surface area contributed by atoms with Gasteiger partial charge in [0.2, 0.25) is 5.88 Å². The number of ether oxygens (including phenoxy) is 3. The normalized spacial score (nSPS) is 9.84. The van der Waals surface area contributed by atoms with Gasteiger partial charge in [-0.3, -0.25) is 0 Å². The molecule has 0 unspecified atom stereocenters. The lowest BCUT2D eigenvalue weighted by molar-refractivity contribution is 0.301. The summed E-state index contributed by atoms with van der Waals surface area (Å²) in [6.07, 6.45) is 3.17. The van der Waals surface area contributed by atoms with E-state index in [-0.39, 0.29) is 0 Å². The Kier molecular flexibility index (Phi) is 5.17. The number of nitrogens with one attached hydrogen (secondary N) is 1. The van der Waals surface area contributed by atoms with E-state index in [2.05, 4.69) is 26.8 Å². The predicted molar refractivity (Wildman–Crippen MR) is 92.7 cm³/mol. The smallest absolute Gasteiger partial charge is 0.211 e. The number of pyridine rings is 1. The maximum atomic E-state index is 5.88. The average Bonchev–Trinajstić information content (AvgIpc) is 3.14. The number of aromatic nitrogens is 3. The van der Waals surface area contributed by atoms with Crippen molar-refractivity contribution in [2.24, 2.45) is 0 Å². The number of methoxy groups -OCH3 is 2. The molecular weight excluding hydrogens is 318 g/mol. The van der Waals surface area contributed by atoms with Gasteiger partial charge in [-0.15, -0.1) is 0 Å². The summed E-state index contributed by atoms with van der Waals surface area (Å²) in [5.74, 6) is 8.07. The summed E-state index contributed by atoms with van der Waals surface area (Å²) in [6, 6.07) is 11.6. The van der Waals surface area contributed by atoms with E-state index in [0.29, 0.717) is 35.5 Å². The molecule has 1 N–H and O–H groups in total. The second-order valence-electron chi connectivity index (χ2n) is 5.05. The third-order valence-corrected chi connectivity index (χ3v) is 3.37. The van der Waals surface area contributed by atoms with Crippen LogP contribution in [-0.2, 0) is 6.61 Å². The standard InChI is InChI=1S/C19H17N3O3/c1-23-15-10-17(25-13-14-6-4-3-5-7-14)16(20-11-15)8-9-18-21-12-19(22-18)24-2/h3-7,10-12H,13H2,1-2H3,(H,21,22). The van der Waals surface area contributed by atoms with Gasteiger partial charge in [-0.2, -0.15) is 0 Å². The highest BCUT2D eigenvalue weighted by atomic mass is 16.5. The molecule has 0 aliphatic carbocycles. The third kappa shape index (κ3) is 4.30. The van der Waals surface area contributed by atoms with E-state index >= 15 is 0 Å². The molecule has 6 nitrogen and oxygen atoms in total. The first-order valence-corrected chi connectivity index (χ1v) is 7.60. The van der Waals surface area contributed by atoms with Crippen LogP contribution in [0.1, 0.15) is 17.1 Å². The lowest BCUT2D eigenvalue weighted by atomic mass is 10.2. The quantitative estimate of drug-likeness (QED) is 0.726. The summed E-state index contributed by atoms with van der Waals surface area (Å²) in [5, 5.41) is 0. The summed E-state index contributed by atoms with van der Waals surface area (Å²) < 4.78 is 16.1. The van der Waals surface area contributed by atoms with E-state index in [0.717, 1.165) is 5.56 Å². The van der Waals surface area contributed by atoms with Gasteiger partial charge in [-0.25, -0.2) is 9.97 Å². The van der Waals surface area contributed by atoms with Crippen LogP contribution < -0.4 is 14.2 Å². The fraction of sp³-hybridized carbons (Fsp3) is 0.158. The zero-order valence-electron chi connectivity index (χ0n) is 13.9. The Hall–Kier alpha value is -3.46. The SMILES string of the molecule is COc1cnc(C#Cc2ncc(OC)[nH]2)c(OCc2ccccc2)c1. The molecule has 25 heavy (non-hydrogen) atoms. The maximum Gasteiger partial charge on any atom is 0.211 e. The molecule has 6 heteroatoms. The molecule has 0 bridgehead atoms. The van der Waals surface area contributed by atoms with E-state index in [1.165, 1.54) is 0 Å². The lowest BCUT2D eigenvalue weighted by Crippen LogP contribution is -1.99. The van der Waals surface area contributed by atoms with Crippen LogP contribution in [0.25, 0.3) is 0 Å². The van der Waals surface area contributed by atoms with Crippen molar-refractivity contribution in [3.05, 3.63) is 65.9 Å². The number of imidazole rings is 1. The summed E-state index contributed by atoms with van der Waals surface area (Å²) in [6.45, 7) is 0.416. The van der Waals surface area contributed by atoms with E-state index in [1.807, 2.05) is 30.3 Å². The van der Waals surface area contributed by atoms with Gasteiger partial charge < -0.3 is 19.2 Å². The van der Waals surface area contributed by atoms with Gasteiger partial charge in [0, 0.05) is 6.07 Å². The number of aromatic amines is 1. The predicted octanol–water partition coefficient (Wildman–Crippen LogP) is 2.80. The minimum atomic E-state index is 0.416. The molecule has 3 aromatic rings. The highest BCUT2D eigenvalue weighted by Gasteiger charge is 2.07. The van der Waals surface area contributed by atoms with Gasteiger partial charge in [0.05, 0.1) is 26.6 Å². The van der Waals surface area contributed by atoms with E-state index < -0.39 is 0 Å². The number of hydrogen-bond donors (Lipinski definition) is 1. The monoisotopic (exact) mass is 335 g/mol. The van der Waals surface area contributed by atoms with Crippen molar-refractivity contribution < 1.29 is 14.2 Å². The Bertz CT molecular complexity index is 895. The molecule has 0 spiro atoms. The highest BCUT2D eigenvalue weighted by Crippen LogP contribution is 2.23. The first kappa shape index (κ1) is 16.4.